The first kappa shape index (κ1) is 7.28. The number of para-hydroxylation sites is 1. The van der Waals surface area contributed by atoms with E-state index in [1.165, 1.54) is 6.07 Å². The quantitative estimate of drug-likeness (QED) is 0.582. The second-order valence-electron chi connectivity index (χ2n) is 2.85. The van der Waals surface area contributed by atoms with E-state index in [0.29, 0.717) is 5.52 Å². The zero-order chi connectivity index (χ0) is 8.72. The Balaban J connectivity index is 2.99. The molecule has 0 N–H and O–H groups in total. The molecule has 3 heteroatoms. The lowest BCUT2D eigenvalue weighted by Gasteiger charge is -1.94. The molecule has 0 aliphatic rings. The van der Waals surface area contributed by atoms with E-state index in [-0.39, 0.29) is 5.82 Å². The first-order valence-corrected chi connectivity index (χ1v) is 3.78. The van der Waals surface area contributed by atoms with Crippen molar-refractivity contribution in [3.8, 4) is 0 Å². The molecule has 0 atom stereocenters. The van der Waals surface area contributed by atoms with Crippen LogP contribution in [0.25, 0.3) is 10.9 Å². The maximum Gasteiger partial charge on any atom is 0.149 e. The van der Waals surface area contributed by atoms with E-state index >= 15 is 0 Å². The third-order valence-corrected chi connectivity index (χ3v) is 2.00. The molecule has 1 aromatic carbocycles. The van der Waals surface area contributed by atoms with Gasteiger partial charge in [-0.1, -0.05) is 12.1 Å². The molecule has 1 aromatic heterocycles. The van der Waals surface area contributed by atoms with Gasteiger partial charge in [0.1, 0.15) is 11.3 Å². The van der Waals surface area contributed by atoms with Crippen molar-refractivity contribution in [1.29, 1.82) is 0 Å². The summed E-state index contributed by atoms with van der Waals surface area (Å²) < 4.78 is 14.8. The molecular weight excluding hydrogens is 155 g/mol. The van der Waals surface area contributed by atoms with Crippen molar-refractivity contribution >= 4 is 10.9 Å². The van der Waals surface area contributed by atoms with Crippen LogP contribution in [0, 0.1) is 12.7 Å². The van der Waals surface area contributed by atoms with Crippen LogP contribution in [0.1, 0.15) is 5.69 Å². The van der Waals surface area contributed by atoms with Crippen LogP contribution in [-0.2, 0) is 7.05 Å². The van der Waals surface area contributed by atoms with Gasteiger partial charge in [-0.25, -0.2) is 4.39 Å². The van der Waals surface area contributed by atoms with Gasteiger partial charge in [0.05, 0.1) is 5.69 Å². The molecule has 2 rings (SSSR count). The van der Waals surface area contributed by atoms with E-state index in [1.54, 1.807) is 17.8 Å². The second kappa shape index (κ2) is 2.30. The maximum absolute atomic E-state index is 13.2. The Morgan fingerprint density at radius 2 is 2.17 bits per heavy atom. The number of fused-ring (bicyclic) bond motifs is 1. The van der Waals surface area contributed by atoms with Crippen LogP contribution in [0.3, 0.4) is 0 Å². The van der Waals surface area contributed by atoms with Crippen molar-refractivity contribution in [2.45, 2.75) is 6.92 Å². The SMILES string of the molecule is Cc1nn(C)c2c(F)cccc12. The minimum absolute atomic E-state index is 0.212. The number of hydrogen-bond acceptors (Lipinski definition) is 1. The molecule has 1 heterocycles. The normalized spacial score (nSPS) is 10.9. The molecule has 0 spiro atoms. The van der Waals surface area contributed by atoms with Crippen molar-refractivity contribution in [3.05, 3.63) is 29.7 Å². The molecule has 2 aromatic rings. The first-order valence-electron chi connectivity index (χ1n) is 3.78. The number of aromatic nitrogens is 2. The van der Waals surface area contributed by atoms with Crippen molar-refractivity contribution in [2.24, 2.45) is 7.05 Å². The largest absolute Gasteiger partial charge is 0.265 e. The van der Waals surface area contributed by atoms with Crippen LogP contribution in [0.4, 0.5) is 4.39 Å². The van der Waals surface area contributed by atoms with Gasteiger partial charge in [-0.2, -0.15) is 5.10 Å². The molecule has 0 radical (unpaired) electrons. The Bertz CT molecular complexity index is 431. The predicted molar refractivity (Wildman–Crippen MR) is 45.4 cm³/mol. The van der Waals surface area contributed by atoms with E-state index in [0.717, 1.165) is 11.1 Å². The van der Waals surface area contributed by atoms with Crippen LogP contribution in [-0.4, -0.2) is 9.78 Å². The molecular formula is C9H9FN2. The first-order chi connectivity index (χ1) is 5.70. The third kappa shape index (κ3) is 0.826. The number of benzene rings is 1. The lowest BCUT2D eigenvalue weighted by molar-refractivity contribution is 0.625. The summed E-state index contributed by atoms with van der Waals surface area (Å²) in [4.78, 5) is 0. The summed E-state index contributed by atoms with van der Waals surface area (Å²) in [5.41, 5.74) is 1.45. The molecule has 0 saturated heterocycles. The van der Waals surface area contributed by atoms with Gasteiger partial charge < -0.3 is 0 Å². The molecule has 0 saturated carbocycles. The lowest BCUT2D eigenvalue weighted by atomic mass is 10.2. The second-order valence-corrected chi connectivity index (χ2v) is 2.85. The van der Waals surface area contributed by atoms with Crippen molar-refractivity contribution in [3.63, 3.8) is 0 Å². The highest BCUT2D eigenvalue weighted by Gasteiger charge is 2.07. The fourth-order valence-corrected chi connectivity index (χ4v) is 1.47. The monoisotopic (exact) mass is 164 g/mol. The van der Waals surface area contributed by atoms with Crippen molar-refractivity contribution < 1.29 is 4.39 Å². The van der Waals surface area contributed by atoms with Crippen molar-refractivity contribution in [1.82, 2.24) is 9.78 Å². The number of rotatable bonds is 0. The number of halogens is 1. The van der Waals surface area contributed by atoms with Gasteiger partial charge in [0.15, 0.2) is 0 Å². The highest BCUT2D eigenvalue weighted by atomic mass is 19.1. The molecule has 0 fully saturated rings. The summed E-state index contributed by atoms with van der Waals surface area (Å²) in [7, 11) is 1.75. The maximum atomic E-state index is 13.2. The van der Waals surface area contributed by atoms with Crippen molar-refractivity contribution in [2.75, 3.05) is 0 Å². The Morgan fingerprint density at radius 3 is 2.83 bits per heavy atom. The summed E-state index contributed by atoms with van der Waals surface area (Å²) >= 11 is 0. The highest BCUT2D eigenvalue weighted by molar-refractivity contribution is 5.82. The van der Waals surface area contributed by atoms with Gasteiger partial charge in [-0.15, -0.1) is 0 Å². The number of aryl methyl sites for hydroxylation is 2. The van der Waals surface area contributed by atoms with E-state index < -0.39 is 0 Å². The summed E-state index contributed by atoms with van der Waals surface area (Å²) in [5.74, 6) is -0.212. The van der Waals surface area contributed by atoms with Crippen LogP contribution < -0.4 is 0 Å². The zero-order valence-corrected chi connectivity index (χ0v) is 7.00. The molecule has 0 aliphatic heterocycles. The summed E-state index contributed by atoms with van der Waals surface area (Å²) in [6.45, 7) is 1.88. The highest BCUT2D eigenvalue weighted by Crippen LogP contribution is 2.19. The minimum atomic E-state index is -0.212. The predicted octanol–water partition coefficient (Wildman–Crippen LogP) is 2.02. The molecule has 2 nitrogen and oxygen atoms in total. The Morgan fingerprint density at radius 1 is 1.42 bits per heavy atom. The summed E-state index contributed by atoms with van der Waals surface area (Å²) in [6, 6.07) is 5.02. The van der Waals surface area contributed by atoms with E-state index in [2.05, 4.69) is 5.10 Å². The van der Waals surface area contributed by atoms with Gasteiger partial charge in [0.2, 0.25) is 0 Å². The molecule has 0 unspecified atom stereocenters. The third-order valence-electron chi connectivity index (χ3n) is 2.00. The average molecular weight is 164 g/mol. The average Bonchev–Trinajstić information content (AvgIpc) is 2.29. The van der Waals surface area contributed by atoms with E-state index in [9.17, 15) is 4.39 Å². The van der Waals surface area contributed by atoms with Gasteiger partial charge in [0.25, 0.3) is 0 Å². The molecule has 0 aliphatic carbocycles. The topological polar surface area (TPSA) is 17.8 Å². The van der Waals surface area contributed by atoms with Gasteiger partial charge in [-0.3, -0.25) is 4.68 Å². The Hall–Kier alpha value is -1.38. The standard InChI is InChI=1S/C9H9FN2/c1-6-7-4-3-5-8(10)9(7)12(2)11-6/h3-5H,1-2H3. The van der Waals surface area contributed by atoms with Gasteiger partial charge in [0, 0.05) is 12.4 Å². The van der Waals surface area contributed by atoms with E-state index in [1.807, 2.05) is 13.0 Å². The Kier molecular flexibility index (Phi) is 1.40. The molecule has 62 valence electrons. The zero-order valence-electron chi connectivity index (χ0n) is 7.00. The van der Waals surface area contributed by atoms with Gasteiger partial charge >= 0.3 is 0 Å². The smallest absolute Gasteiger partial charge is 0.149 e. The van der Waals surface area contributed by atoms with Crippen LogP contribution in [0.5, 0.6) is 0 Å². The Labute approximate surface area is 69.6 Å². The van der Waals surface area contributed by atoms with Crippen LogP contribution >= 0.6 is 0 Å². The summed E-state index contributed by atoms with van der Waals surface area (Å²) in [5, 5.41) is 5.01. The molecule has 12 heavy (non-hydrogen) atoms. The van der Waals surface area contributed by atoms with Gasteiger partial charge in [-0.05, 0) is 13.0 Å². The number of nitrogens with zero attached hydrogens (tertiary/aromatic N) is 2. The molecule has 0 bridgehead atoms. The lowest BCUT2D eigenvalue weighted by Crippen LogP contribution is -1.91. The number of hydrogen-bond donors (Lipinski definition) is 0. The van der Waals surface area contributed by atoms with Crippen LogP contribution in [0.15, 0.2) is 18.2 Å². The summed E-state index contributed by atoms with van der Waals surface area (Å²) in [6.07, 6.45) is 0. The van der Waals surface area contributed by atoms with Crippen LogP contribution in [0.2, 0.25) is 0 Å². The fourth-order valence-electron chi connectivity index (χ4n) is 1.47. The molecule has 0 amide bonds. The minimum Gasteiger partial charge on any atom is -0.265 e. The fraction of sp³-hybridized carbons (Fsp3) is 0.222. The van der Waals surface area contributed by atoms with E-state index in [4.69, 9.17) is 0 Å².